The van der Waals surface area contributed by atoms with E-state index < -0.39 is 0 Å². The van der Waals surface area contributed by atoms with Crippen molar-refractivity contribution in [1.29, 1.82) is 0 Å². The highest BCUT2D eigenvalue weighted by Crippen LogP contribution is 2.18. The van der Waals surface area contributed by atoms with Crippen LogP contribution in [0.1, 0.15) is 5.56 Å². The monoisotopic (exact) mass is 287 g/mol. The van der Waals surface area contributed by atoms with Crippen LogP contribution in [-0.2, 0) is 11.2 Å². The van der Waals surface area contributed by atoms with Crippen LogP contribution in [0.15, 0.2) is 54.6 Å². The van der Waals surface area contributed by atoms with Crippen LogP contribution >= 0.6 is 12.6 Å². The van der Waals surface area contributed by atoms with E-state index in [0.29, 0.717) is 17.9 Å². The number of benzene rings is 2. The molecule has 0 aliphatic carbocycles. The van der Waals surface area contributed by atoms with Gasteiger partial charge in [0.15, 0.2) is 0 Å². The number of rotatable bonds is 5. The van der Waals surface area contributed by atoms with Gasteiger partial charge in [-0.3, -0.25) is 4.79 Å². The number of anilines is 1. The lowest BCUT2D eigenvalue weighted by Crippen LogP contribution is -2.25. The van der Waals surface area contributed by atoms with Crippen molar-refractivity contribution in [2.24, 2.45) is 0 Å². The van der Waals surface area contributed by atoms with E-state index in [9.17, 15) is 4.79 Å². The average molecular weight is 287 g/mol. The molecule has 104 valence electrons. The summed E-state index contributed by atoms with van der Waals surface area (Å²) in [6, 6.07) is 17.1. The Kier molecular flexibility index (Phi) is 5.07. The molecule has 0 aromatic heterocycles. The molecule has 0 spiro atoms. The van der Waals surface area contributed by atoms with Gasteiger partial charge < -0.3 is 10.1 Å². The highest BCUT2D eigenvalue weighted by atomic mass is 32.1. The number of hydrogen-bond acceptors (Lipinski definition) is 3. The largest absolute Gasteiger partial charge is 0.497 e. The number of hydrogen-bond donors (Lipinski definition) is 2. The molecule has 1 unspecified atom stereocenters. The molecular formula is C16H17NO2S. The molecule has 0 bridgehead atoms. The third-order valence-electron chi connectivity index (χ3n) is 2.91. The molecule has 4 heteroatoms. The predicted octanol–water partition coefficient (Wildman–Crippen LogP) is 3.17. The molecule has 0 saturated heterocycles. The summed E-state index contributed by atoms with van der Waals surface area (Å²) in [5, 5.41) is 2.46. The summed E-state index contributed by atoms with van der Waals surface area (Å²) < 4.78 is 5.12. The van der Waals surface area contributed by atoms with Crippen molar-refractivity contribution in [3.63, 3.8) is 0 Å². The Bertz CT molecular complexity index is 572. The summed E-state index contributed by atoms with van der Waals surface area (Å²) in [5.41, 5.74) is 1.80. The Labute approximate surface area is 124 Å². The van der Waals surface area contributed by atoms with Gasteiger partial charge in [0.05, 0.1) is 12.4 Å². The van der Waals surface area contributed by atoms with E-state index in [4.69, 9.17) is 4.74 Å². The number of amides is 1. The zero-order valence-corrected chi connectivity index (χ0v) is 12.1. The smallest absolute Gasteiger partial charge is 0.237 e. The minimum atomic E-state index is -0.386. The van der Waals surface area contributed by atoms with E-state index in [2.05, 4.69) is 17.9 Å². The Balaban J connectivity index is 1.97. The summed E-state index contributed by atoms with van der Waals surface area (Å²) in [5.74, 6) is 0.590. The summed E-state index contributed by atoms with van der Waals surface area (Å²) in [6.07, 6.45) is 0.597. The van der Waals surface area contributed by atoms with Crippen molar-refractivity contribution in [3.8, 4) is 5.75 Å². The van der Waals surface area contributed by atoms with E-state index in [1.807, 2.05) is 48.5 Å². The van der Waals surface area contributed by atoms with E-state index in [0.717, 1.165) is 5.56 Å². The van der Waals surface area contributed by atoms with Gasteiger partial charge in [-0.2, -0.15) is 12.6 Å². The molecule has 0 heterocycles. The Morgan fingerprint density at radius 2 is 1.95 bits per heavy atom. The van der Waals surface area contributed by atoms with Gasteiger partial charge in [0.1, 0.15) is 5.75 Å². The van der Waals surface area contributed by atoms with Crippen LogP contribution in [0, 0.1) is 0 Å². The number of methoxy groups -OCH3 is 1. The minimum Gasteiger partial charge on any atom is -0.497 e. The highest BCUT2D eigenvalue weighted by molar-refractivity contribution is 7.81. The number of carbonyl (C=O) groups excluding carboxylic acids is 1. The summed E-state index contributed by atoms with van der Waals surface area (Å²) >= 11 is 4.37. The normalized spacial score (nSPS) is 11.7. The van der Waals surface area contributed by atoms with Gasteiger partial charge in [-0.15, -0.1) is 0 Å². The molecule has 2 aromatic rings. The fourth-order valence-corrected chi connectivity index (χ4v) is 2.13. The second-order valence-corrected chi connectivity index (χ2v) is 5.05. The first-order valence-corrected chi connectivity index (χ1v) is 6.87. The molecule has 0 aliphatic heterocycles. The quantitative estimate of drug-likeness (QED) is 0.829. The molecule has 20 heavy (non-hydrogen) atoms. The second-order valence-electron chi connectivity index (χ2n) is 4.43. The Hall–Kier alpha value is -1.94. The van der Waals surface area contributed by atoms with Crippen LogP contribution < -0.4 is 10.1 Å². The van der Waals surface area contributed by atoms with Gasteiger partial charge in [0.25, 0.3) is 0 Å². The van der Waals surface area contributed by atoms with Crippen molar-refractivity contribution in [2.75, 3.05) is 12.4 Å². The zero-order valence-electron chi connectivity index (χ0n) is 11.2. The lowest BCUT2D eigenvalue weighted by molar-refractivity contribution is -0.115. The third kappa shape index (κ3) is 4.03. The predicted molar refractivity (Wildman–Crippen MR) is 84.5 cm³/mol. The first kappa shape index (κ1) is 14.5. The Morgan fingerprint density at radius 3 is 2.65 bits per heavy atom. The van der Waals surface area contributed by atoms with Crippen molar-refractivity contribution >= 4 is 24.2 Å². The molecule has 2 aromatic carbocycles. The number of thiol groups is 1. The van der Waals surface area contributed by atoms with Gasteiger partial charge in [-0.1, -0.05) is 36.4 Å². The van der Waals surface area contributed by atoms with Crippen molar-refractivity contribution in [2.45, 2.75) is 11.7 Å². The van der Waals surface area contributed by atoms with Gasteiger partial charge in [0, 0.05) is 11.8 Å². The highest BCUT2D eigenvalue weighted by Gasteiger charge is 2.14. The van der Waals surface area contributed by atoms with E-state index in [1.54, 1.807) is 13.2 Å². The van der Waals surface area contributed by atoms with Gasteiger partial charge in [0.2, 0.25) is 5.91 Å². The standard InChI is InChI=1S/C16H17NO2S/c1-19-14-9-5-8-13(11-14)17-16(18)15(20)10-12-6-3-2-4-7-12/h2-9,11,15,20H,10H2,1H3,(H,17,18). The maximum atomic E-state index is 12.1. The first-order valence-electron chi connectivity index (χ1n) is 6.36. The van der Waals surface area contributed by atoms with Crippen molar-refractivity contribution < 1.29 is 9.53 Å². The molecule has 0 saturated carbocycles. The van der Waals surface area contributed by atoms with Crippen molar-refractivity contribution in [1.82, 2.24) is 0 Å². The SMILES string of the molecule is COc1cccc(NC(=O)C(S)Cc2ccccc2)c1. The minimum absolute atomic E-state index is 0.120. The zero-order chi connectivity index (χ0) is 14.4. The van der Waals surface area contributed by atoms with Crippen molar-refractivity contribution in [3.05, 3.63) is 60.2 Å². The molecule has 1 atom stereocenters. The topological polar surface area (TPSA) is 38.3 Å². The lowest BCUT2D eigenvalue weighted by atomic mass is 10.1. The van der Waals surface area contributed by atoms with E-state index in [1.165, 1.54) is 0 Å². The average Bonchev–Trinajstić information content (AvgIpc) is 2.48. The molecule has 3 nitrogen and oxygen atoms in total. The molecule has 1 amide bonds. The number of nitrogens with one attached hydrogen (secondary N) is 1. The molecular weight excluding hydrogens is 270 g/mol. The molecule has 1 N–H and O–H groups in total. The van der Waals surface area contributed by atoms with E-state index >= 15 is 0 Å². The molecule has 0 fully saturated rings. The Morgan fingerprint density at radius 1 is 1.20 bits per heavy atom. The summed E-state index contributed by atoms with van der Waals surface area (Å²) in [6.45, 7) is 0. The van der Waals surface area contributed by atoms with Gasteiger partial charge in [-0.25, -0.2) is 0 Å². The number of ether oxygens (including phenoxy) is 1. The molecule has 2 rings (SSSR count). The molecule has 0 aliphatic rings. The maximum Gasteiger partial charge on any atom is 0.237 e. The molecule has 0 radical (unpaired) electrons. The van der Waals surface area contributed by atoms with Crippen LogP contribution in [0.4, 0.5) is 5.69 Å². The fourth-order valence-electron chi connectivity index (χ4n) is 1.86. The maximum absolute atomic E-state index is 12.1. The van der Waals surface area contributed by atoms with Crippen LogP contribution in [0.25, 0.3) is 0 Å². The summed E-state index contributed by atoms with van der Waals surface area (Å²) in [4.78, 5) is 12.1. The number of carbonyl (C=O) groups is 1. The van der Waals surface area contributed by atoms with Gasteiger partial charge in [-0.05, 0) is 24.1 Å². The van der Waals surface area contributed by atoms with Crippen LogP contribution in [-0.4, -0.2) is 18.3 Å². The van der Waals surface area contributed by atoms with Crippen LogP contribution in [0.2, 0.25) is 0 Å². The lowest BCUT2D eigenvalue weighted by Gasteiger charge is -2.12. The van der Waals surface area contributed by atoms with E-state index in [-0.39, 0.29) is 11.2 Å². The second kappa shape index (κ2) is 7.01. The van der Waals surface area contributed by atoms with Crippen LogP contribution in [0.3, 0.4) is 0 Å². The third-order valence-corrected chi connectivity index (χ3v) is 3.33. The van der Waals surface area contributed by atoms with Gasteiger partial charge >= 0.3 is 0 Å². The first-order chi connectivity index (χ1) is 9.69. The fraction of sp³-hybridized carbons (Fsp3) is 0.188. The summed E-state index contributed by atoms with van der Waals surface area (Å²) in [7, 11) is 1.59. The van der Waals surface area contributed by atoms with Crippen LogP contribution in [0.5, 0.6) is 5.75 Å².